The smallest absolute Gasteiger partial charge is 0.270 e. The third-order valence-corrected chi connectivity index (χ3v) is 7.30. The van der Waals surface area contributed by atoms with Crippen molar-refractivity contribution in [1.29, 1.82) is 0 Å². The molecule has 3 aromatic carbocycles. The molecule has 0 saturated carbocycles. The van der Waals surface area contributed by atoms with Gasteiger partial charge in [0, 0.05) is 41.0 Å². The first-order valence-electron chi connectivity index (χ1n) is 13.2. The SMILES string of the molecule is Cc1ccc(C(=O)N/C(=C\c2cn(-c3ccccc3)nc2-c2ccc(Cl)cc2)C(=O)N2CCC(C)CC2)cc1. The molecule has 1 fully saturated rings. The average Bonchev–Trinajstić information content (AvgIpc) is 3.37. The van der Waals surface area contributed by atoms with E-state index in [1.54, 1.807) is 22.9 Å². The molecule has 198 valence electrons. The van der Waals surface area contributed by atoms with Crippen LogP contribution in [0.25, 0.3) is 23.0 Å². The van der Waals surface area contributed by atoms with Gasteiger partial charge in [-0.3, -0.25) is 9.59 Å². The van der Waals surface area contributed by atoms with Crippen LogP contribution in [0.1, 0.15) is 41.3 Å². The van der Waals surface area contributed by atoms with Gasteiger partial charge in [0.05, 0.1) is 5.69 Å². The number of aromatic nitrogens is 2. The van der Waals surface area contributed by atoms with Gasteiger partial charge in [-0.2, -0.15) is 5.10 Å². The zero-order valence-corrected chi connectivity index (χ0v) is 22.9. The second-order valence-electron chi connectivity index (χ2n) is 10.1. The zero-order valence-electron chi connectivity index (χ0n) is 22.1. The number of benzene rings is 3. The highest BCUT2D eigenvalue weighted by molar-refractivity contribution is 6.30. The first-order chi connectivity index (χ1) is 18.9. The quantitative estimate of drug-likeness (QED) is 0.284. The number of rotatable bonds is 6. The maximum atomic E-state index is 13.8. The van der Waals surface area contributed by atoms with Crippen LogP contribution >= 0.6 is 11.6 Å². The molecule has 1 aromatic heterocycles. The number of carbonyl (C=O) groups is 2. The van der Waals surface area contributed by atoms with Crippen molar-refractivity contribution in [2.75, 3.05) is 13.1 Å². The molecule has 1 aliphatic heterocycles. The van der Waals surface area contributed by atoms with Crippen molar-refractivity contribution in [1.82, 2.24) is 20.0 Å². The highest BCUT2D eigenvalue weighted by Gasteiger charge is 2.25. The van der Waals surface area contributed by atoms with Crippen LogP contribution in [-0.2, 0) is 4.79 Å². The molecule has 2 heterocycles. The number of carbonyl (C=O) groups excluding carboxylic acids is 2. The molecule has 0 spiro atoms. The number of aryl methyl sites for hydroxylation is 1. The lowest BCUT2D eigenvalue weighted by Crippen LogP contribution is -2.42. The van der Waals surface area contributed by atoms with Crippen molar-refractivity contribution in [3.8, 4) is 16.9 Å². The number of halogens is 1. The lowest BCUT2D eigenvalue weighted by Gasteiger charge is -2.31. The van der Waals surface area contributed by atoms with Crippen molar-refractivity contribution in [3.63, 3.8) is 0 Å². The summed E-state index contributed by atoms with van der Waals surface area (Å²) in [6.45, 7) is 5.49. The van der Waals surface area contributed by atoms with Gasteiger partial charge >= 0.3 is 0 Å². The molecule has 0 atom stereocenters. The number of piperidine rings is 1. The molecular weight excluding hydrogens is 508 g/mol. The van der Waals surface area contributed by atoms with Gasteiger partial charge in [-0.25, -0.2) is 4.68 Å². The lowest BCUT2D eigenvalue weighted by atomic mass is 9.99. The molecule has 4 aromatic rings. The highest BCUT2D eigenvalue weighted by atomic mass is 35.5. The van der Waals surface area contributed by atoms with Gasteiger partial charge in [0.2, 0.25) is 0 Å². The highest BCUT2D eigenvalue weighted by Crippen LogP contribution is 2.28. The second kappa shape index (κ2) is 11.7. The summed E-state index contributed by atoms with van der Waals surface area (Å²) in [4.78, 5) is 28.9. The molecule has 1 N–H and O–H groups in total. The zero-order chi connectivity index (χ0) is 27.4. The van der Waals surface area contributed by atoms with E-state index in [4.69, 9.17) is 16.7 Å². The first-order valence-corrected chi connectivity index (χ1v) is 13.5. The number of nitrogens with one attached hydrogen (secondary N) is 1. The Labute approximate surface area is 233 Å². The standard InChI is InChI=1S/C32H31ClN4O2/c1-22-8-10-25(11-9-22)31(38)34-29(32(39)36-18-16-23(2)17-19-36)20-26-21-37(28-6-4-3-5-7-28)35-30(26)24-12-14-27(33)15-13-24/h3-15,20-21,23H,16-19H2,1-2H3,(H,34,38)/b29-20-. The Morgan fingerprint density at radius 1 is 0.949 bits per heavy atom. The van der Waals surface area contributed by atoms with E-state index in [2.05, 4.69) is 12.2 Å². The Morgan fingerprint density at radius 2 is 1.62 bits per heavy atom. The number of hydrogen-bond acceptors (Lipinski definition) is 3. The molecule has 0 radical (unpaired) electrons. The molecule has 5 rings (SSSR count). The molecule has 0 aliphatic carbocycles. The summed E-state index contributed by atoms with van der Waals surface area (Å²) in [6, 6.07) is 24.5. The molecule has 6 nitrogen and oxygen atoms in total. The molecule has 1 aliphatic rings. The summed E-state index contributed by atoms with van der Waals surface area (Å²) >= 11 is 6.15. The van der Waals surface area contributed by atoms with Gasteiger partial charge < -0.3 is 10.2 Å². The van der Waals surface area contributed by atoms with E-state index in [9.17, 15) is 9.59 Å². The fraction of sp³-hybridized carbons (Fsp3) is 0.219. The minimum atomic E-state index is -0.330. The molecule has 7 heteroatoms. The fourth-order valence-electron chi connectivity index (χ4n) is 4.63. The van der Waals surface area contributed by atoms with Gasteiger partial charge in [0.15, 0.2) is 0 Å². The van der Waals surface area contributed by atoms with E-state index < -0.39 is 0 Å². The number of para-hydroxylation sites is 1. The van der Waals surface area contributed by atoms with Crippen LogP contribution in [0.4, 0.5) is 0 Å². The summed E-state index contributed by atoms with van der Waals surface area (Å²) in [5.74, 6) is 0.0459. The monoisotopic (exact) mass is 538 g/mol. The topological polar surface area (TPSA) is 67.2 Å². The van der Waals surface area contributed by atoms with Crippen molar-refractivity contribution in [2.45, 2.75) is 26.7 Å². The predicted octanol–water partition coefficient (Wildman–Crippen LogP) is 6.53. The van der Waals surface area contributed by atoms with Gasteiger partial charge in [0.25, 0.3) is 11.8 Å². The van der Waals surface area contributed by atoms with Gasteiger partial charge in [-0.1, -0.05) is 66.6 Å². The second-order valence-corrected chi connectivity index (χ2v) is 10.5. The normalized spacial score (nSPS) is 14.3. The van der Waals surface area contributed by atoms with E-state index in [0.717, 1.165) is 29.7 Å². The average molecular weight is 539 g/mol. The largest absolute Gasteiger partial charge is 0.337 e. The lowest BCUT2D eigenvalue weighted by molar-refractivity contribution is -0.128. The Kier molecular flexibility index (Phi) is 7.94. The Balaban J connectivity index is 1.58. The Bertz CT molecular complexity index is 1480. The van der Waals surface area contributed by atoms with Crippen molar-refractivity contribution < 1.29 is 9.59 Å². The van der Waals surface area contributed by atoms with Crippen LogP contribution in [0, 0.1) is 12.8 Å². The van der Waals surface area contributed by atoms with E-state index in [1.807, 2.05) is 84.8 Å². The fourth-order valence-corrected chi connectivity index (χ4v) is 4.75. The first kappa shape index (κ1) is 26.4. The number of amides is 2. The summed E-state index contributed by atoms with van der Waals surface area (Å²) in [5, 5.41) is 8.40. The molecule has 0 bridgehead atoms. The van der Waals surface area contributed by atoms with Crippen LogP contribution in [0.15, 0.2) is 90.8 Å². The van der Waals surface area contributed by atoms with Crippen LogP contribution in [0.2, 0.25) is 5.02 Å². The van der Waals surface area contributed by atoms with Crippen molar-refractivity contribution in [2.24, 2.45) is 5.92 Å². The summed E-state index contributed by atoms with van der Waals surface area (Å²) in [7, 11) is 0. The third-order valence-electron chi connectivity index (χ3n) is 7.04. The summed E-state index contributed by atoms with van der Waals surface area (Å²) in [5.41, 5.74) is 4.89. The van der Waals surface area contributed by atoms with Crippen LogP contribution in [-0.4, -0.2) is 39.6 Å². The van der Waals surface area contributed by atoms with Crippen molar-refractivity contribution >= 4 is 29.5 Å². The summed E-state index contributed by atoms with van der Waals surface area (Å²) < 4.78 is 1.78. The Morgan fingerprint density at radius 3 is 2.28 bits per heavy atom. The molecule has 1 saturated heterocycles. The number of hydrogen-bond donors (Lipinski definition) is 1. The predicted molar refractivity (Wildman–Crippen MR) is 156 cm³/mol. The van der Waals surface area contributed by atoms with Crippen LogP contribution in [0.5, 0.6) is 0 Å². The van der Waals surface area contributed by atoms with Crippen LogP contribution < -0.4 is 5.32 Å². The number of likely N-dealkylation sites (tertiary alicyclic amines) is 1. The van der Waals surface area contributed by atoms with Crippen molar-refractivity contribution in [3.05, 3.63) is 112 Å². The maximum absolute atomic E-state index is 13.8. The Hall–Kier alpha value is -4.16. The van der Waals surface area contributed by atoms with E-state index >= 15 is 0 Å². The minimum absolute atomic E-state index is 0.197. The molecular formula is C32H31ClN4O2. The van der Waals surface area contributed by atoms with E-state index in [1.165, 1.54) is 0 Å². The third kappa shape index (κ3) is 6.29. The molecule has 2 amide bonds. The molecule has 39 heavy (non-hydrogen) atoms. The van der Waals surface area contributed by atoms with E-state index in [-0.39, 0.29) is 17.5 Å². The summed E-state index contributed by atoms with van der Waals surface area (Å²) in [6.07, 6.45) is 5.49. The number of nitrogens with zero attached hydrogens (tertiary/aromatic N) is 3. The van der Waals surface area contributed by atoms with E-state index in [0.29, 0.717) is 40.9 Å². The molecule has 0 unspecified atom stereocenters. The van der Waals surface area contributed by atoms with Gasteiger partial charge in [-0.15, -0.1) is 0 Å². The van der Waals surface area contributed by atoms with Gasteiger partial charge in [0.1, 0.15) is 11.4 Å². The van der Waals surface area contributed by atoms with Gasteiger partial charge in [-0.05, 0) is 68.2 Å². The minimum Gasteiger partial charge on any atom is -0.337 e. The maximum Gasteiger partial charge on any atom is 0.270 e. The van der Waals surface area contributed by atoms with Crippen LogP contribution in [0.3, 0.4) is 0 Å².